The lowest BCUT2D eigenvalue weighted by Crippen LogP contribution is -2.42. The maximum absolute atomic E-state index is 11.2. The molecule has 198 valence electrons. The number of piperidine rings is 1. The highest BCUT2D eigenvalue weighted by Gasteiger charge is 2.34. The van der Waals surface area contributed by atoms with Crippen LogP contribution < -0.4 is 10.5 Å². The molecule has 1 aromatic carbocycles. The molecule has 2 atom stereocenters. The maximum atomic E-state index is 11.2. The van der Waals surface area contributed by atoms with Gasteiger partial charge in [0.25, 0.3) is 0 Å². The summed E-state index contributed by atoms with van der Waals surface area (Å²) in [6.07, 6.45) is 11.1. The lowest BCUT2D eigenvalue weighted by Gasteiger charge is -2.38. The fraction of sp³-hybridized carbons (Fsp3) is 0.310. The first kappa shape index (κ1) is 26.3. The van der Waals surface area contributed by atoms with Crippen LogP contribution in [0.1, 0.15) is 30.4 Å². The van der Waals surface area contributed by atoms with E-state index in [1.807, 2.05) is 48.6 Å². The summed E-state index contributed by atoms with van der Waals surface area (Å²) in [6.45, 7) is 2.42. The van der Waals surface area contributed by atoms with Gasteiger partial charge < -0.3 is 30.3 Å². The van der Waals surface area contributed by atoms with Crippen molar-refractivity contribution in [3.63, 3.8) is 0 Å². The van der Waals surface area contributed by atoms with Gasteiger partial charge in [-0.15, -0.1) is 0 Å². The number of halogens is 1. The highest BCUT2D eigenvalue weighted by Crippen LogP contribution is 2.37. The number of hydrogen-bond donors (Lipinski definition) is 4. The number of fused-ring (bicyclic) bond motifs is 2. The van der Waals surface area contributed by atoms with E-state index in [9.17, 15) is 10.2 Å². The number of amidine groups is 1. The Hall–Kier alpha value is -3.27. The Kier molecular flexibility index (Phi) is 7.78. The Bertz CT molecular complexity index is 1310. The molecule has 1 saturated heterocycles. The first-order valence-corrected chi connectivity index (χ1v) is 13.0. The van der Waals surface area contributed by atoms with Crippen molar-refractivity contribution in [1.82, 2.24) is 9.88 Å². The van der Waals surface area contributed by atoms with E-state index in [1.54, 1.807) is 18.3 Å². The van der Waals surface area contributed by atoms with Crippen LogP contribution in [-0.4, -0.2) is 58.0 Å². The molecule has 2 aliphatic heterocycles. The van der Waals surface area contributed by atoms with Gasteiger partial charge in [-0.1, -0.05) is 42.0 Å². The van der Waals surface area contributed by atoms with E-state index in [0.717, 1.165) is 42.8 Å². The van der Waals surface area contributed by atoms with Crippen LogP contribution in [0.15, 0.2) is 84.3 Å². The molecule has 38 heavy (non-hydrogen) atoms. The van der Waals surface area contributed by atoms with E-state index in [-0.39, 0.29) is 0 Å². The molecule has 0 amide bonds. The van der Waals surface area contributed by atoms with E-state index < -0.39 is 23.8 Å². The number of benzene rings is 1. The Morgan fingerprint density at radius 3 is 2.79 bits per heavy atom. The molecule has 1 fully saturated rings. The molecule has 0 spiro atoms. The minimum Gasteiger partial charge on any atom is -0.438 e. The summed E-state index contributed by atoms with van der Waals surface area (Å²) in [5, 5.41) is 29.4. The minimum absolute atomic E-state index is 0.463. The van der Waals surface area contributed by atoms with Gasteiger partial charge in [-0.2, -0.15) is 0 Å². The van der Waals surface area contributed by atoms with Crippen LogP contribution in [0.3, 0.4) is 0 Å². The number of allylic oxidation sites excluding steroid dienone is 4. The fourth-order valence-corrected chi connectivity index (χ4v) is 5.10. The molecule has 3 heterocycles. The second kappa shape index (κ2) is 11.2. The molecule has 2 unspecified atom stereocenters. The number of aliphatic hydroxyl groups excluding tert-OH is 1. The van der Waals surface area contributed by atoms with Crippen molar-refractivity contribution in [2.75, 3.05) is 19.6 Å². The van der Waals surface area contributed by atoms with Gasteiger partial charge in [-0.3, -0.25) is 5.41 Å². The molecule has 1 aliphatic carbocycles. The molecular formula is C29H31ClN4O4. The van der Waals surface area contributed by atoms with E-state index in [4.69, 9.17) is 32.2 Å². The summed E-state index contributed by atoms with van der Waals surface area (Å²) in [7, 11) is 0. The van der Waals surface area contributed by atoms with Crippen LogP contribution in [0.5, 0.6) is 5.88 Å². The molecule has 3 aliphatic rings. The van der Waals surface area contributed by atoms with Crippen LogP contribution in [0.25, 0.3) is 5.57 Å². The summed E-state index contributed by atoms with van der Waals surface area (Å²) < 4.78 is 11.8. The number of likely N-dealkylation sites (tertiary alicyclic amines) is 1. The Balaban J connectivity index is 1.31. The van der Waals surface area contributed by atoms with Gasteiger partial charge >= 0.3 is 0 Å². The van der Waals surface area contributed by atoms with E-state index in [1.165, 1.54) is 0 Å². The van der Waals surface area contributed by atoms with Crippen LogP contribution in [0.2, 0.25) is 5.02 Å². The second-order valence-corrected chi connectivity index (χ2v) is 10.1. The van der Waals surface area contributed by atoms with Crippen molar-refractivity contribution < 1.29 is 19.7 Å². The van der Waals surface area contributed by atoms with E-state index in [0.29, 0.717) is 35.1 Å². The number of nitrogens with two attached hydrogens (primary N) is 1. The Morgan fingerprint density at radius 2 is 2.05 bits per heavy atom. The number of pyridine rings is 1. The molecule has 0 saturated carbocycles. The molecule has 5 N–H and O–H groups in total. The highest BCUT2D eigenvalue weighted by molar-refractivity contribution is 6.30. The normalized spacial score (nSPS) is 22.4. The SMILES string of the molecule is N=C(N)C(O)OC1C=CC=C2Oc3ncccc3C(=CCCN3CCC(O)(c4ccc(Cl)cc4)CC3)C=C21. The van der Waals surface area contributed by atoms with Gasteiger partial charge in [0, 0.05) is 42.0 Å². The third-order valence-electron chi connectivity index (χ3n) is 7.14. The fourth-order valence-electron chi connectivity index (χ4n) is 4.97. The van der Waals surface area contributed by atoms with E-state index >= 15 is 0 Å². The molecule has 8 nitrogen and oxygen atoms in total. The van der Waals surface area contributed by atoms with Crippen LogP contribution >= 0.6 is 11.6 Å². The summed E-state index contributed by atoms with van der Waals surface area (Å²) >= 11 is 6.01. The lowest BCUT2D eigenvalue weighted by molar-refractivity contribution is -0.0660. The van der Waals surface area contributed by atoms with Crippen molar-refractivity contribution in [3.05, 3.63) is 100 Å². The standard InChI is InChI=1S/C29H31ClN4O4/c30-21-10-8-20(9-11-21)29(36)12-16-34(17-13-29)15-3-4-19-18-23-24(37-27-22(19)5-2-14-33-27)6-1-7-25(23)38-28(35)26(31)32/h1-2,4-11,14,18,25,28,35-36H,3,12-13,15-17H2,(H3,31,32). The monoisotopic (exact) mass is 534 g/mol. The quantitative estimate of drug-likeness (QED) is 0.241. The average molecular weight is 535 g/mol. The topological polar surface area (TPSA) is 125 Å². The second-order valence-electron chi connectivity index (χ2n) is 9.67. The predicted octanol–water partition coefficient (Wildman–Crippen LogP) is 3.90. The Labute approximate surface area is 226 Å². The number of ether oxygens (including phenoxy) is 2. The average Bonchev–Trinajstić information content (AvgIpc) is 3.07. The van der Waals surface area contributed by atoms with Crippen molar-refractivity contribution in [2.24, 2.45) is 5.73 Å². The molecular weight excluding hydrogens is 504 g/mol. The van der Waals surface area contributed by atoms with Gasteiger partial charge in [0.1, 0.15) is 17.7 Å². The highest BCUT2D eigenvalue weighted by atomic mass is 35.5. The predicted molar refractivity (Wildman–Crippen MR) is 147 cm³/mol. The summed E-state index contributed by atoms with van der Waals surface area (Å²) in [6, 6.07) is 11.3. The third-order valence-corrected chi connectivity index (χ3v) is 7.39. The lowest BCUT2D eigenvalue weighted by atomic mass is 9.84. The number of aromatic nitrogens is 1. The van der Waals surface area contributed by atoms with Gasteiger partial charge in [0.2, 0.25) is 12.2 Å². The summed E-state index contributed by atoms with van der Waals surface area (Å²) in [5.41, 5.74) is 8.00. The zero-order chi connectivity index (χ0) is 26.7. The molecule has 5 rings (SSSR count). The molecule has 2 aromatic rings. The summed E-state index contributed by atoms with van der Waals surface area (Å²) in [5.74, 6) is 0.590. The van der Waals surface area contributed by atoms with Gasteiger partial charge in [0.15, 0.2) is 0 Å². The zero-order valence-electron chi connectivity index (χ0n) is 20.9. The van der Waals surface area contributed by atoms with Crippen molar-refractivity contribution in [1.29, 1.82) is 5.41 Å². The molecule has 0 radical (unpaired) electrons. The first-order chi connectivity index (χ1) is 18.3. The van der Waals surface area contributed by atoms with Crippen molar-refractivity contribution in [3.8, 4) is 5.88 Å². The first-order valence-electron chi connectivity index (χ1n) is 12.6. The van der Waals surface area contributed by atoms with Gasteiger partial charge in [-0.05, 0) is 66.8 Å². The molecule has 1 aromatic heterocycles. The molecule has 0 bridgehead atoms. The number of rotatable bonds is 7. The van der Waals surface area contributed by atoms with Gasteiger partial charge in [-0.25, -0.2) is 4.98 Å². The zero-order valence-corrected chi connectivity index (χ0v) is 21.6. The largest absolute Gasteiger partial charge is 0.438 e. The smallest absolute Gasteiger partial charge is 0.227 e. The van der Waals surface area contributed by atoms with Gasteiger partial charge in [0.05, 0.1) is 5.60 Å². The number of nitrogens with zero attached hydrogens (tertiary/aromatic N) is 2. The van der Waals surface area contributed by atoms with Crippen molar-refractivity contribution >= 4 is 23.0 Å². The van der Waals surface area contributed by atoms with Crippen LogP contribution in [0.4, 0.5) is 0 Å². The van der Waals surface area contributed by atoms with Crippen LogP contribution in [-0.2, 0) is 10.3 Å². The van der Waals surface area contributed by atoms with E-state index in [2.05, 4.69) is 16.0 Å². The number of hydrogen-bond acceptors (Lipinski definition) is 7. The van der Waals surface area contributed by atoms with Crippen LogP contribution in [0, 0.1) is 5.41 Å². The maximum Gasteiger partial charge on any atom is 0.227 e. The molecule has 9 heteroatoms. The minimum atomic E-state index is -1.52. The number of aliphatic hydroxyl groups is 2. The number of nitrogens with one attached hydrogen (secondary N) is 1. The van der Waals surface area contributed by atoms with Crippen molar-refractivity contribution in [2.45, 2.75) is 37.3 Å². The third kappa shape index (κ3) is 5.75. The summed E-state index contributed by atoms with van der Waals surface area (Å²) in [4.78, 5) is 6.79. The Morgan fingerprint density at radius 1 is 1.29 bits per heavy atom.